The van der Waals surface area contributed by atoms with Gasteiger partial charge in [0.05, 0.1) is 31.4 Å². The first-order valence-electron chi connectivity index (χ1n) is 17.5. The highest BCUT2D eigenvalue weighted by Gasteiger charge is 2.43. The van der Waals surface area contributed by atoms with Crippen LogP contribution in [0.25, 0.3) is 0 Å². The smallest absolute Gasteiger partial charge is 0.407 e. The Morgan fingerprint density at radius 3 is 2.28 bits per heavy atom. The maximum absolute atomic E-state index is 14.1. The molecule has 3 aromatic rings. The molecule has 1 aliphatic heterocycles. The Bertz CT molecular complexity index is 1520. The molecular formula is C39H51N3O8. The van der Waals surface area contributed by atoms with Gasteiger partial charge >= 0.3 is 6.09 Å². The summed E-state index contributed by atoms with van der Waals surface area (Å²) < 4.78 is 16.8. The molecule has 2 amide bonds. The lowest BCUT2D eigenvalue weighted by Gasteiger charge is -2.33. The predicted octanol–water partition coefficient (Wildman–Crippen LogP) is 4.15. The van der Waals surface area contributed by atoms with Crippen LogP contribution < -0.4 is 10.1 Å². The van der Waals surface area contributed by atoms with Crippen LogP contribution in [-0.2, 0) is 27.2 Å². The fraction of sp³-hybridized carbons (Fsp3) is 0.487. The zero-order chi connectivity index (χ0) is 35.7. The molecule has 270 valence electrons. The summed E-state index contributed by atoms with van der Waals surface area (Å²) >= 11 is 0. The average Bonchev–Trinajstić information content (AvgIpc) is 3.35. The second-order valence-corrected chi connectivity index (χ2v) is 14.0. The number of ether oxygens (including phenoxy) is 3. The molecule has 1 heterocycles. The minimum atomic E-state index is -1.23. The third-order valence-corrected chi connectivity index (χ3v) is 9.11. The van der Waals surface area contributed by atoms with Gasteiger partial charge in [0.1, 0.15) is 30.2 Å². The van der Waals surface area contributed by atoms with E-state index in [-0.39, 0.29) is 25.3 Å². The number of hydrogen-bond donors (Lipinski definition) is 4. The van der Waals surface area contributed by atoms with Crippen molar-refractivity contribution in [3.05, 3.63) is 101 Å². The van der Waals surface area contributed by atoms with Crippen LogP contribution in [0.5, 0.6) is 5.75 Å². The lowest BCUT2D eigenvalue weighted by Crippen LogP contribution is -2.47. The number of morpholine rings is 1. The van der Waals surface area contributed by atoms with Crippen molar-refractivity contribution >= 4 is 12.0 Å². The molecule has 0 radical (unpaired) electrons. The number of alkyl carbamates (subject to hydrolysis) is 1. The fourth-order valence-electron chi connectivity index (χ4n) is 6.52. The van der Waals surface area contributed by atoms with Gasteiger partial charge in [0.25, 0.3) is 0 Å². The second kappa shape index (κ2) is 17.3. The van der Waals surface area contributed by atoms with E-state index >= 15 is 0 Å². The van der Waals surface area contributed by atoms with Gasteiger partial charge in [-0.3, -0.25) is 9.69 Å². The van der Waals surface area contributed by atoms with Crippen LogP contribution in [-0.4, -0.2) is 100 Å². The van der Waals surface area contributed by atoms with Gasteiger partial charge in [-0.1, -0.05) is 66.7 Å². The molecule has 1 aliphatic carbocycles. The van der Waals surface area contributed by atoms with Gasteiger partial charge in [-0.05, 0) is 68.0 Å². The summed E-state index contributed by atoms with van der Waals surface area (Å²) in [5.41, 5.74) is 2.26. The third-order valence-electron chi connectivity index (χ3n) is 9.11. The second-order valence-electron chi connectivity index (χ2n) is 14.0. The molecule has 0 bridgehead atoms. The first-order chi connectivity index (χ1) is 24.0. The minimum absolute atomic E-state index is 0.0472. The number of hydrogen-bond acceptors (Lipinski definition) is 9. The molecule has 50 heavy (non-hydrogen) atoms. The van der Waals surface area contributed by atoms with E-state index in [1.807, 2.05) is 66.7 Å². The van der Waals surface area contributed by atoms with E-state index in [0.29, 0.717) is 29.9 Å². The topological polar surface area (TPSA) is 141 Å². The fourth-order valence-corrected chi connectivity index (χ4v) is 6.52. The molecule has 4 N–H and O–H groups in total. The molecule has 5 atom stereocenters. The Balaban J connectivity index is 1.29. The molecule has 2 aliphatic rings. The number of amides is 2. The van der Waals surface area contributed by atoms with Gasteiger partial charge in [-0.15, -0.1) is 0 Å². The highest BCUT2D eigenvalue weighted by atomic mass is 16.6. The van der Waals surface area contributed by atoms with Crippen molar-refractivity contribution < 1.29 is 39.1 Å². The number of nitrogens with one attached hydrogen (secondary N) is 1. The normalized spacial score (nSPS) is 20.4. The molecule has 0 saturated carbocycles. The van der Waals surface area contributed by atoms with Crippen molar-refractivity contribution in [2.75, 3.05) is 39.5 Å². The lowest BCUT2D eigenvalue weighted by molar-refractivity contribution is -0.139. The third kappa shape index (κ3) is 10.3. The van der Waals surface area contributed by atoms with E-state index in [2.05, 4.69) is 10.2 Å². The monoisotopic (exact) mass is 689 g/mol. The Kier molecular flexibility index (Phi) is 12.9. The average molecular weight is 690 g/mol. The summed E-state index contributed by atoms with van der Waals surface area (Å²) in [7, 11) is 0. The van der Waals surface area contributed by atoms with Crippen molar-refractivity contribution in [2.45, 2.75) is 82.6 Å². The Labute approximate surface area is 294 Å². The van der Waals surface area contributed by atoms with E-state index in [1.54, 1.807) is 37.8 Å². The van der Waals surface area contributed by atoms with Crippen LogP contribution in [0.15, 0.2) is 78.9 Å². The molecular weight excluding hydrogens is 638 g/mol. The summed E-state index contributed by atoms with van der Waals surface area (Å²) in [5.74, 6) is 0.408. The van der Waals surface area contributed by atoms with Crippen molar-refractivity contribution in [1.82, 2.24) is 15.1 Å². The number of carbonyl (C=O) groups is 2. The number of nitrogens with zero attached hydrogens (tertiary/aromatic N) is 2. The zero-order valence-corrected chi connectivity index (χ0v) is 29.2. The highest BCUT2D eigenvalue weighted by molar-refractivity contribution is 5.77. The number of carbonyl (C=O) groups excluding carboxylic acids is 2. The quantitative estimate of drug-likeness (QED) is 0.197. The summed E-state index contributed by atoms with van der Waals surface area (Å²) in [5, 5.41) is 36.4. The van der Waals surface area contributed by atoms with Gasteiger partial charge in [-0.2, -0.15) is 0 Å². The summed E-state index contributed by atoms with van der Waals surface area (Å²) in [6, 6.07) is 22.7. The van der Waals surface area contributed by atoms with Gasteiger partial charge in [0.15, 0.2) is 0 Å². The van der Waals surface area contributed by atoms with Crippen molar-refractivity contribution in [3.8, 4) is 5.75 Å². The van der Waals surface area contributed by atoms with Crippen molar-refractivity contribution in [1.29, 1.82) is 0 Å². The minimum Gasteiger partial charge on any atom is -0.492 e. The largest absolute Gasteiger partial charge is 0.492 e. The number of aliphatic hydroxyl groups is 3. The maximum Gasteiger partial charge on any atom is 0.407 e. The number of benzene rings is 3. The molecule has 5 rings (SSSR count). The molecule has 3 aromatic carbocycles. The number of aliphatic hydroxyl groups excluding tert-OH is 3. The Morgan fingerprint density at radius 2 is 1.60 bits per heavy atom. The van der Waals surface area contributed by atoms with Gasteiger partial charge in [0.2, 0.25) is 5.91 Å². The van der Waals surface area contributed by atoms with Crippen LogP contribution in [0.3, 0.4) is 0 Å². The van der Waals surface area contributed by atoms with Crippen LogP contribution >= 0.6 is 0 Å². The summed E-state index contributed by atoms with van der Waals surface area (Å²) in [4.78, 5) is 30.7. The maximum atomic E-state index is 14.1. The van der Waals surface area contributed by atoms with Crippen molar-refractivity contribution in [3.63, 3.8) is 0 Å². The summed E-state index contributed by atoms with van der Waals surface area (Å²) in [6.07, 6.45) is -3.79. The molecule has 0 unspecified atom stereocenters. The van der Waals surface area contributed by atoms with Crippen LogP contribution in [0, 0.1) is 0 Å². The van der Waals surface area contributed by atoms with E-state index in [1.165, 1.54) is 0 Å². The Morgan fingerprint density at radius 1 is 0.940 bits per heavy atom. The molecule has 11 nitrogen and oxygen atoms in total. The highest BCUT2D eigenvalue weighted by Crippen LogP contribution is 2.43. The first kappa shape index (κ1) is 37.3. The SMILES string of the molecule is CC(C)(C)OC(=O)N[C@@H](Cc1ccccc1)[C@@H](O)CCC(=O)N(Cc1ccc(OCCN2CCOCC2)cc1)[C@H]1c2ccccc2[C@@H](O)[C@H]1O. The van der Waals surface area contributed by atoms with E-state index < -0.39 is 42.1 Å². The van der Waals surface area contributed by atoms with Crippen molar-refractivity contribution in [2.24, 2.45) is 0 Å². The zero-order valence-electron chi connectivity index (χ0n) is 29.2. The molecule has 0 aromatic heterocycles. The molecule has 11 heteroatoms. The first-order valence-corrected chi connectivity index (χ1v) is 17.5. The molecule has 1 fully saturated rings. The predicted molar refractivity (Wildman–Crippen MR) is 188 cm³/mol. The lowest BCUT2D eigenvalue weighted by atomic mass is 9.97. The molecule has 1 saturated heterocycles. The number of fused-ring (bicyclic) bond motifs is 1. The molecule has 0 spiro atoms. The van der Waals surface area contributed by atoms with E-state index in [9.17, 15) is 24.9 Å². The van der Waals surface area contributed by atoms with Crippen LogP contribution in [0.1, 0.15) is 68.0 Å². The van der Waals surface area contributed by atoms with Gasteiger partial charge in [0, 0.05) is 32.6 Å². The van der Waals surface area contributed by atoms with E-state index in [0.717, 1.165) is 44.0 Å². The van der Waals surface area contributed by atoms with Gasteiger partial charge in [-0.25, -0.2) is 4.79 Å². The van der Waals surface area contributed by atoms with E-state index in [4.69, 9.17) is 14.2 Å². The number of rotatable bonds is 14. The van der Waals surface area contributed by atoms with Crippen LogP contribution in [0.2, 0.25) is 0 Å². The standard InChI is InChI=1S/C39H51N3O8/c1-39(2,3)50-38(47)40-32(25-27-9-5-4-6-10-27)33(43)17-18-34(44)42(35-30-11-7-8-12-31(30)36(45)37(35)46)26-28-13-15-29(16-14-28)49-24-21-41-19-22-48-23-20-41/h4-16,32-33,35-37,43,45-46H,17-26H2,1-3H3,(H,40,47)/t32-,33-,35-,36+,37-/m0/s1. The van der Waals surface area contributed by atoms with Gasteiger partial charge < -0.3 is 39.7 Å². The Hall–Kier alpha value is -4.00. The summed E-state index contributed by atoms with van der Waals surface area (Å²) in [6.45, 7) is 10.1. The van der Waals surface area contributed by atoms with Crippen LogP contribution in [0.4, 0.5) is 4.79 Å².